The Kier molecular flexibility index (Phi) is 2.59. The zero-order chi connectivity index (χ0) is 11.8. The lowest BCUT2D eigenvalue weighted by atomic mass is 9.93. The van der Waals surface area contributed by atoms with Crippen LogP contribution in [-0.4, -0.2) is 23.1 Å². The minimum absolute atomic E-state index is 0.246. The zero-order valence-electron chi connectivity index (χ0n) is 9.70. The topological polar surface area (TPSA) is 93.1 Å². The third-order valence-corrected chi connectivity index (χ3v) is 2.88. The minimum Gasteiger partial charge on any atom is -0.368 e. The molecule has 1 fully saturated rings. The van der Waals surface area contributed by atoms with Gasteiger partial charge in [-0.3, -0.25) is 0 Å². The number of nitrogens with one attached hydrogen (secondary N) is 1. The highest BCUT2D eigenvalue weighted by Gasteiger charge is 2.30. The van der Waals surface area contributed by atoms with Gasteiger partial charge in [-0.15, -0.1) is 0 Å². The van der Waals surface area contributed by atoms with Gasteiger partial charge < -0.3 is 16.1 Å². The van der Waals surface area contributed by atoms with Crippen LogP contribution in [0.4, 0.5) is 17.6 Å². The van der Waals surface area contributed by atoms with Crippen LogP contribution in [0.3, 0.4) is 0 Å². The smallest absolute Gasteiger partial charge is 0.223 e. The second-order valence-corrected chi connectivity index (χ2v) is 4.95. The highest BCUT2D eigenvalue weighted by atomic mass is 15.3. The Morgan fingerprint density at radius 1 is 1.44 bits per heavy atom. The summed E-state index contributed by atoms with van der Waals surface area (Å²) < 4.78 is 0. The molecule has 6 heteroatoms. The molecule has 0 unspecified atom stereocenters. The fourth-order valence-electron chi connectivity index (χ4n) is 2.00. The summed E-state index contributed by atoms with van der Waals surface area (Å²) in [6.45, 7) is 6.47. The molecule has 0 amide bonds. The number of hydrazine groups is 1. The summed E-state index contributed by atoms with van der Waals surface area (Å²) >= 11 is 0. The van der Waals surface area contributed by atoms with Gasteiger partial charge >= 0.3 is 0 Å². The first-order valence-electron chi connectivity index (χ1n) is 5.36. The summed E-state index contributed by atoms with van der Waals surface area (Å²) in [4.78, 5) is 10.4. The molecule has 88 valence electrons. The van der Waals surface area contributed by atoms with Crippen LogP contribution in [0.5, 0.6) is 0 Å². The van der Waals surface area contributed by atoms with Crippen molar-refractivity contribution in [3.05, 3.63) is 6.07 Å². The van der Waals surface area contributed by atoms with Gasteiger partial charge in [0, 0.05) is 19.2 Å². The molecule has 1 aromatic rings. The summed E-state index contributed by atoms with van der Waals surface area (Å²) in [6, 6.07) is 1.82. The van der Waals surface area contributed by atoms with Gasteiger partial charge in [0.1, 0.15) is 11.6 Å². The molecule has 0 radical (unpaired) electrons. The molecule has 16 heavy (non-hydrogen) atoms. The van der Waals surface area contributed by atoms with Gasteiger partial charge in [0.15, 0.2) is 0 Å². The summed E-state index contributed by atoms with van der Waals surface area (Å²) in [5.41, 5.74) is 8.45. The molecule has 1 aromatic heterocycles. The maximum atomic E-state index is 5.63. The lowest BCUT2D eigenvalue weighted by Gasteiger charge is -2.21. The van der Waals surface area contributed by atoms with Crippen LogP contribution in [0.2, 0.25) is 0 Å². The number of nitrogens with zero attached hydrogens (tertiary/aromatic N) is 3. The van der Waals surface area contributed by atoms with E-state index in [0.29, 0.717) is 11.2 Å². The van der Waals surface area contributed by atoms with Crippen molar-refractivity contribution in [1.29, 1.82) is 0 Å². The van der Waals surface area contributed by atoms with Gasteiger partial charge in [-0.05, 0) is 11.8 Å². The van der Waals surface area contributed by atoms with E-state index >= 15 is 0 Å². The van der Waals surface area contributed by atoms with E-state index in [1.54, 1.807) is 0 Å². The predicted octanol–water partition coefficient (Wildman–Crippen LogP) is 0.581. The number of aromatic nitrogens is 2. The molecular weight excluding hydrogens is 204 g/mol. The molecule has 5 N–H and O–H groups in total. The van der Waals surface area contributed by atoms with Crippen LogP contribution in [0.1, 0.15) is 20.3 Å². The van der Waals surface area contributed by atoms with Crippen LogP contribution in [0.25, 0.3) is 0 Å². The summed E-state index contributed by atoms with van der Waals surface area (Å²) in [5, 5.41) is 0. The van der Waals surface area contributed by atoms with E-state index in [1.807, 2.05) is 6.07 Å². The fourth-order valence-corrected chi connectivity index (χ4v) is 2.00. The van der Waals surface area contributed by atoms with Crippen molar-refractivity contribution in [2.75, 3.05) is 29.1 Å². The summed E-state index contributed by atoms with van der Waals surface area (Å²) in [6.07, 6.45) is 1.16. The van der Waals surface area contributed by atoms with E-state index in [4.69, 9.17) is 11.6 Å². The Morgan fingerprint density at radius 3 is 2.75 bits per heavy atom. The van der Waals surface area contributed by atoms with Crippen molar-refractivity contribution in [2.45, 2.75) is 20.3 Å². The normalized spacial score (nSPS) is 18.8. The van der Waals surface area contributed by atoms with Crippen molar-refractivity contribution < 1.29 is 0 Å². The molecule has 1 saturated heterocycles. The number of nitrogen functional groups attached to an aromatic ring is 2. The van der Waals surface area contributed by atoms with Crippen LogP contribution < -0.4 is 21.9 Å². The third kappa shape index (κ3) is 2.16. The van der Waals surface area contributed by atoms with E-state index < -0.39 is 0 Å². The van der Waals surface area contributed by atoms with Gasteiger partial charge in [-0.1, -0.05) is 13.8 Å². The van der Waals surface area contributed by atoms with E-state index in [0.717, 1.165) is 25.3 Å². The Balaban J connectivity index is 2.24. The van der Waals surface area contributed by atoms with E-state index in [1.165, 1.54) is 0 Å². The second kappa shape index (κ2) is 3.79. The summed E-state index contributed by atoms with van der Waals surface area (Å²) in [5.74, 6) is 6.96. The predicted molar refractivity (Wildman–Crippen MR) is 64.9 cm³/mol. The van der Waals surface area contributed by atoms with Crippen molar-refractivity contribution in [3.63, 3.8) is 0 Å². The van der Waals surface area contributed by atoms with Crippen LogP contribution in [-0.2, 0) is 0 Å². The second-order valence-electron chi connectivity index (χ2n) is 4.95. The molecule has 0 atom stereocenters. The van der Waals surface area contributed by atoms with Gasteiger partial charge in [0.2, 0.25) is 5.95 Å². The molecule has 0 bridgehead atoms. The monoisotopic (exact) mass is 222 g/mol. The van der Waals surface area contributed by atoms with Crippen molar-refractivity contribution in [1.82, 2.24) is 9.97 Å². The average Bonchev–Trinajstić information content (AvgIpc) is 2.58. The van der Waals surface area contributed by atoms with Crippen molar-refractivity contribution >= 4 is 17.6 Å². The molecule has 6 nitrogen and oxygen atoms in total. The Hall–Kier alpha value is -1.56. The van der Waals surface area contributed by atoms with Crippen LogP contribution >= 0.6 is 0 Å². The molecule has 1 aliphatic heterocycles. The number of rotatable bonds is 2. The van der Waals surface area contributed by atoms with Gasteiger partial charge in [-0.25, -0.2) is 5.84 Å². The largest absolute Gasteiger partial charge is 0.368 e. The van der Waals surface area contributed by atoms with Gasteiger partial charge in [0.25, 0.3) is 0 Å². The number of anilines is 3. The lowest BCUT2D eigenvalue weighted by molar-refractivity contribution is 0.418. The lowest BCUT2D eigenvalue weighted by Crippen LogP contribution is -2.24. The highest BCUT2D eigenvalue weighted by molar-refractivity contribution is 5.52. The van der Waals surface area contributed by atoms with E-state index in [9.17, 15) is 0 Å². The first kappa shape index (κ1) is 10.9. The van der Waals surface area contributed by atoms with Crippen LogP contribution in [0.15, 0.2) is 6.07 Å². The first-order chi connectivity index (χ1) is 7.50. The SMILES string of the molecule is CC1(C)CCN(c2cc(NN)nc(N)n2)C1. The Bertz CT molecular complexity index is 389. The molecule has 2 rings (SSSR count). The molecule has 0 spiro atoms. The van der Waals surface area contributed by atoms with Crippen molar-refractivity contribution in [2.24, 2.45) is 11.3 Å². The van der Waals surface area contributed by atoms with Gasteiger partial charge in [0.05, 0.1) is 0 Å². The molecule has 0 aromatic carbocycles. The molecular formula is C10H18N6. The third-order valence-electron chi connectivity index (χ3n) is 2.88. The quantitative estimate of drug-likeness (QED) is 0.500. The fraction of sp³-hybridized carbons (Fsp3) is 0.600. The molecule has 0 aliphatic carbocycles. The van der Waals surface area contributed by atoms with Gasteiger partial charge in [-0.2, -0.15) is 9.97 Å². The highest BCUT2D eigenvalue weighted by Crippen LogP contribution is 2.32. The maximum absolute atomic E-state index is 5.63. The number of nitrogens with two attached hydrogens (primary N) is 2. The minimum atomic E-state index is 0.246. The number of hydrogen-bond donors (Lipinski definition) is 3. The Labute approximate surface area is 95.0 Å². The molecule has 2 heterocycles. The summed E-state index contributed by atoms with van der Waals surface area (Å²) in [7, 11) is 0. The van der Waals surface area contributed by atoms with E-state index in [-0.39, 0.29) is 5.95 Å². The Morgan fingerprint density at radius 2 is 2.19 bits per heavy atom. The number of hydrogen-bond acceptors (Lipinski definition) is 6. The molecule has 1 aliphatic rings. The standard InChI is InChI=1S/C10H18N6/c1-10(2)3-4-16(6-10)8-5-7(15-12)13-9(11)14-8/h5H,3-4,6,12H2,1-2H3,(H3,11,13,14,15). The molecule has 0 saturated carbocycles. The average molecular weight is 222 g/mol. The van der Waals surface area contributed by atoms with Crippen LogP contribution in [0, 0.1) is 5.41 Å². The maximum Gasteiger partial charge on any atom is 0.223 e. The first-order valence-corrected chi connectivity index (χ1v) is 5.36. The zero-order valence-corrected chi connectivity index (χ0v) is 9.70. The van der Waals surface area contributed by atoms with E-state index in [2.05, 4.69) is 34.1 Å². The van der Waals surface area contributed by atoms with Crippen molar-refractivity contribution in [3.8, 4) is 0 Å².